The number of Topliss-reactive ketones (excluding diaryl/α,β-unsaturated/α-hetero) is 1. The highest BCUT2D eigenvalue weighted by Gasteiger charge is 2.51. The molecule has 0 aromatic rings. The largest absolute Gasteiger partial charge is 0.332 e. The van der Waals surface area contributed by atoms with Gasteiger partial charge in [0, 0.05) is 51.1 Å². The highest BCUT2D eigenvalue weighted by atomic mass is 32.2. The van der Waals surface area contributed by atoms with E-state index in [0.717, 1.165) is 44.1 Å². The fraction of sp³-hybridized carbons (Fsp3) is 0.857. The molecule has 0 bridgehead atoms. The molecular weight excluding hydrogens is 406 g/mol. The zero-order chi connectivity index (χ0) is 22.2. The lowest BCUT2D eigenvalue weighted by molar-refractivity contribution is -0.386. The van der Waals surface area contributed by atoms with Gasteiger partial charge in [0.15, 0.2) is 0 Å². The van der Waals surface area contributed by atoms with E-state index in [1.807, 2.05) is 0 Å². The number of thioether (sulfide) groups is 1. The molecule has 0 saturated carbocycles. The van der Waals surface area contributed by atoms with Gasteiger partial charge in [-0.1, -0.05) is 25.6 Å². The van der Waals surface area contributed by atoms with Gasteiger partial charge in [0.25, 0.3) is 11.0 Å². The van der Waals surface area contributed by atoms with E-state index in [4.69, 9.17) is 9.47 Å². The maximum Gasteiger partial charge on any atom is 0.254 e. The van der Waals surface area contributed by atoms with Crippen LogP contribution in [-0.2, 0) is 23.9 Å². The molecule has 1 unspecified atom stereocenters. The minimum absolute atomic E-state index is 0.00430. The standard InChI is InChI=1S/C21H37N3O5S/c1-16(25)19(27)30-13-11-22-9-7-10-23-14-18-20(3,4)15-28-21(29-18)8-5-6-12-24(21)17(2)26/h18,22-23H,5-15H2,1-4H3/t18-,21?/m0/s1. The normalized spacial score (nSPS) is 26.0. The molecule has 2 fully saturated rings. The van der Waals surface area contributed by atoms with Crippen molar-refractivity contribution in [3.05, 3.63) is 0 Å². The molecule has 2 N–H and O–H groups in total. The molecule has 0 aromatic heterocycles. The average molecular weight is 444 g/mol. The van der Waals surface area contributed by atoms with Crippen LogP contribution < -0.4 is 10.6 Å². The first kappa shape index (κ1) is 25.3. The van der Waals surface area contributed by atoms with Crippen LogP contribution in [0.15, 0.2) is 0 Å². The van der Waals surface area contributed by atoms with Crippen LogP contribution in [0, 0.1) is 5.41 Å². The minimum atomic E-state index is -0.914. The predicted octanol–water partition coefficient (Wildman–Crippen LogP) is 1.53. The van der Waals surface area contributed by atoms with Crippen molar-refractivity contribution in [3.63, 3.8) is 0 Å². The molecule has 0 aromatic carbocycles. The van der Waals surface area contributed by atoms with Crippen molar-refractivity contribution in [2.45, 2.75) is 65.4 Å². The van der Waals surface area contributed by atoms with Gasteiger partial charge in [-0.25, -0.2) is 0 Å². The topological polar surface area (TPSA) is 97.0 Å². The number of nitrogens with one attached hydrogen (secondary N) is 2. The van der Waals surface area contributed by atoms with Gasteiger partial charge < -0.3 is 20.1 Å². The summed E-state index contributed by atoms with van der Waals surface area (Å²) in [7, 11) is 0. The fourth-order valence-electron chi connectivity index (χ4n) is 3.73. The highest BCUT2D eigenvalue weighted by Crippen LogP contribution is 2.41. The van der Waals surface area contributed by atoms with Crippen LogP contribution in [0.3, 0.4) is 0 Å². The summed E-state index contributed by atoms with van der Waals surface area (Å²) in [5.41, 5.74) is -0.142. The van der Waals surface area contributed by atoms with Crippen molar-refractivity contribution < 1.29 is 23.9 Å². The molecule has 2 heterocycles. The molecule has 30 heavy (non-hydrogen) atoms. The zero-order valence-electron chi connectivity index (χ0n) is 18.8. The molecule has 2 saturated heterocycles. The van der Waals surface area contributed by atoms with Crippen molar-refractivity contribution in [2.75, 3.05) is 45.1 Å². The van der Waals surface area contributed by atoms with E-state index in [2.05, 4.69) is 24.5 Å². The maximum absolute atomic E-state index is 12.1. The lowest BCUT2D eigenvalue weighted by Gasteiger charge is -2.54. The highest BCUT2D eigenvalue weighted by molar-refractivity contribution is 8.15. The first-order valence-corrected chi connectivity index (χ1v) is 11.9. The Morgan fingerprint density at radius 3 is 2.53 bits per heavy atom. The molecule has 0 aliphatic carbocycles. The molecule has 2 aliphatic heterocycles. The Balaban J connectivity index is 1.70. The number of hydrogen-bond acceptors (Lipinski definition) is 8. The molecule has 0 radical (unpaired) electrons. The fourth-order valence-corrected chi connectivity index (χ4v) is 4.37. The molecule has 2 atom stereocenters. The Hall–Kier alpha value is -1.00. The summed E-state index contributed by atoms with van der Waals surface area (Å²) in [6, 6.07) is 0. The van der Waals surface area contributed by atoms with Crippen LogP contribution in [0.1, 0.15) is 53.4 Å². The van der Waals surface area contributed by atoms with E-state index < -0.39 is 11.7 Å². The Kier molecular flexibility index (Phi) is 9.74. The Morgan fingerprint density at radius 1 is 1.10 bits per heavy atom. The second-order valence-electron chi connectivity index (χ2n) is 8.72. The predicted molar refractivity (Wildman–Crippen MR) is 117 cm³/mol. The van der Waals surface area contributed by atoms with Gasteiger partial charge >= 0.3 is 0 Å². The van der Waals surface area contributed by atoms with Gasteiger partial charge in [-0.05, 0) is 32.4 Å². The van der Waals surface area contributed by atoms with Gasteiger partial charge in [0.05, 0.1) is 12.7 Å². The Labute approximate surface area is 184 Å². The second kappa shape index (κ2) is 11.6. The van der Waals surface area contributed by atoms with Crippen LogP contribution in [0.25, 0.3) is 0 Å². The van der Waals surface area contributed by atoms with Crippen molar-refractivity contribution in [1.82, 2.24) is 15.5 Å². The number of nitrogens with zero attached hydrogens (tertiary/aromatic N) is 1. The third-order valence-electron chi connectivity index (χ3n) is 5.62. The lowest BCUT2D eigenvalue weighted by atomic mass is 9.85. The van der Waals surface area contributed by atoms with E-state index in [1.165, 1.54) is 6.92 Å². The third kappa shape index (κ3) is 7.02. The average Bonchev–Trinajstić information content (AvgIpc) is 2.69. The summed E-state index contributed by atoms with van der Waals surface area (Å²) < 4.78 is 12.6. The number of ketones is 1. The van der Waals surface area contributed by atoms with Gasteiger partial charge in [-0.2, -0.15) is 0 Å². The van der Waals surface area contributed by atoms with E-state index in [9.17, 15) is 14.4 Å². The van der Waals surface area contributed by atoms with Crippen LogP contribution in [0.5, 0.6) is 0 Å². The molecule has 1 amide bonds. The van der Waals surface area contributed by atoms with E-state index in [-0.39, 0.29) is 22.5 Å². The lowest BCUT2D eigenvalue weighted by Crippen LogP contribution is -2.65. The zero-order valence-corrected chi connectivity index (χ0v) is 19.6. The summed E-state index contributed by atoms with van der Waals surface area (Å²) in [6.45, 7) is 11.5. The molecule has 2 aliphatic rings. The number of carbonyl (C=O) groups is 3. The first-order chi connectivity index (χ1) is 14.2. The Morgan fingerprint density at radius 2 is 1.83 bits per heavy atom. The van der Waals surface area contributed by atoms with E-state index in [1.54, 1.807) is 11.8 Å². The van der Waals surface area contributed by atoms with E-state index in [0.29, 0.717) is 38.4 Å². The molecule has 172 valence electrons. The summed E-state index contributed by atoms with van der Waals surface area (Å²) in [6.07, 6.45) is 3.58. The number of piperidine rings is 1. The number of likely N-dealkylation sites (tertiary alicyclic amines) is 1. The van der Waals surface area contributed by atoms with Crippen molar-refractivity contribution in [2.24, 2.45) is 5.41 Å². The summed E-state index contributed by atoms with van der Waals surface area (Å²) in [5.74, 6) is -0.716. The SMILES string of the molecule is CC(=O)C(=O)SCCNCCCNC[C@@H]1OC2(CCCCN2C(C)=O)OCC1(C)C. The van der Waals surface area contributed by atoms with Gasteiger partial charge in [-0.15, -0.1) is 0 Å². The van der Waals surface area contributed by atoms with Crippen LogP contribution in [0.2, 0.25) is 0 Å². The second-order valence-corrected chi connectivity index (χ2v) is 9.79. The molecule has 1 spiro atoms. The van der Waals surface area contributed by atoms with E-state index >= 15 is 0 Å². The van der Waals surface area contributed by atoms with Gasteiger partial charge in [0.2, 0.25) is 11.7 Å². The van der Waals surface area contributed by atoms with Crippen molar-refractivity contribution >= 4 is 28.6 Å². The first-order valence-electron chi connectivity index (χ1n) is 10.9. The Bertz CT molecular complexity index is 615. The van der Waals surface area contributed by atoms with Gasteiger partial charge in [0.1, 0.15) is 0 Å². The quantitative estimate of drug-likeness (QED) is 0.388. The molecular formula is C21H37N3O5S. The summed E-state index contributed by atoms with van der Waals surface area (Å²) in [5, 5.41) is 6.37. The molecule has 9 heteroatoms. The van der Waals surface area contributed by atoms with Gasteiger partial charge in [-0.3, -0.25) is 19.3 Å². The van der Waals surface area contributed by atoms with Crippen LogP contribution >= 0.6 is 11.8 Å². The number of hydrogen-bond donors (Lipinski definition) is 2. The third-order valence-corrected chi connectivity index (χ3v) is 6.58. The number of amides is 1. The van der Waals surface area contributed by atoms with Crippen molar-refractivity contribution in [1.29, 1.82) is 0 Å². The van der Waals surface area contributed by atoms with Crippen molar-refractivity contribution in [3.8, 4) is 0 Å². The number of rotatable bonds is 10. The summed E-state index contributed by atoms with van der Waals surface area (Å²) in [4.78, 5) is 36.0. The monoisotopic (exact) mass is 443 g/mol. The molecule has 2 rings (SSSR count). The minimum Gasteiger partial charge on any atom is -0.332 e. The van der Waals surface area contributed by atoms with Crippen LogP contribution in [-0.4, -0.2) is 78.8 Å². The number of carbonyl (C=O) groups excluding carboxylic acids is 3. The smallest absolute Gasteiger partial charge is 0.254 e. The molecule has 8 nitrogen and oxygen atoms in total. The maximum atomic E-state index is 12.1. The number of ether oxygens (including phenoxy) is 2. The summed E-state index contributed by atoms with van der Waals surface area (Å²) >= 11 is 1.06. The van der Waals surface area contributed by atoms with Crippen LogP contribution in [0.4, 0.5) is 0 Å².